The molecule has 0 amide bonds. The van der Waals surface area contributed by atoms with E-state index in [-0.39, 0.29) is 0 Å². The van der Waals surface area contributed by atoms with Crippen molar-refractivity contribution >= 4 is 27.3 Å². The Kier molecular flexibility index (Phi) is 4.33. The molecule has 2 aliphatic rings. The summed E-state index contributed by atoms with van der Waals surface area (Å²) in [4.78, 5) is 7.41. The molecule has 0 bridgehead atoms. The minimum absolute atomic E-state index is 0.499. The Balaban J connectivity index is 1.36. The second kappa shape index (κ2) is 6.42. The van der Waals surface area contributed by atoms with Crippen molar-refractivity contribution in [3.63, 3.8) is 0 Å². The van der Waals surface area contributed by atoms with Crippen LogP contribution in [0.2, 0.25) is 0 Å². The summed E-state index contributed by atoms with van der Waals surface area (Å²) in [6.07, 6.45) is 10.6. The van der Waals surface area contributed by atoms with Crippen LogP contribution in [0.1, 0.15) is 54.8 Å². The quantitative estimate of drug-likeness (QED) is 0.796. The summed E-state index contributed by atoms with van der Waals surface area (Å²) in [7, 11) is 0. The van der Waals surface area contributed by atoms with Crippen LogP contribution in [0.4, 0.5) is 0 Å². The highest BCUT2D eigenvalue weighted by Gasteiger charge is 2.26. The van der Waals surface area contributed by atoms with Gasteiger partial charge in [0.25, 0.3) is 0 Å². The van der Waals surface area contributed by atoms with Gasteiger partial charge in [-0.25, -0.2) is 4.98 Å². The van der Waals surface area contributed by atoms with Gasteiger partial charge in [-0.1, -0.05) is 12.8 Å². The Bertz CT molecular complexity index is 632. The minimum atomic E-state index is 0.499. The molecule has 4 rings (SSSR count). The first-order valence-corrected chi connectivity index (χ1v) is 9.81. The van der Waals surface area contributed by atoms with E-state index in [4.69, 9.17) is 4.98 Å². The molecule has 2 fully saturated rings. The molecule has 1 saturated heterocycles. The molecule has 22 heavy (non-hydrogen) atoms. The lowest BCUT2D eigenvalue weighted by Gasteiger charge is -2.14. The van der Waals surface area contributed by atoms with Crippen LogP contribution in [0.5, 0.6) is 0 Å². The number of hydrogen-bond acceptors (Lipinski definition) is 4. The Morgan fingerprint density at radius 3 is 2.91 bits per heavy atom. The van der Waals surface area contributed by atoms with E-state index in [0.29, 0.717) is 6.04 Å². The summed E-state index contributed by atoms with van der Waals surface area (Å²) in [5.41, 5.74) is 1.26. The fraction of sp³-hybridized carbons (Fsp3) is 0.625. The summed E-state index contributed by atoms with van der Waals surface area (Å²) < 4.78 is 3.15. The topological polar surface area (TPSA) is 34.0 Å². The highest BCUT2D eigenvalue weighted by molar-refractivity contribution is 9.10. The van der Waals surface area contributed by atoms with Crippen molar-refractivity contribution in [2.45, 2.75) is 50.6 Å². The van der Waals surface area contributed by atoms with Crippen LogP contribution in [0.15, 0.2) is 22.2 Å². The molecule has 2 aromatic rings. The van der Waals surface area contributed by atoms with Crippen LogP contribution < -0.4 is 0 Å². The van der Waals surface area contributed by atoms with Crippen LogP contribution in [-0.4, -0.2) is 32.8 Å². The zero-order valence-electron chi connectivity index (χ0n) is 12.6. The first-order valence-electron chi connectivity index (χ1n) is 8.14. The van der Waals surface area contributed by atoms with E-state index in [1.54, 1.807) is 0 Å². The number of rotatable bonds is 4. The maximum atomic E-state index is 4.90. The van der Waals surface area contributed by atoms with Crippen molar-refractivity contribution in [3.05, 3.63) is 32.9 Å². The molecule has 0 aromatic carbocycles. The Morgan fingerprint density at radius 2 is 2.14 bits per heavy atom. The first-order chi connectivity index (χ1) is 10.8. The molecule has 1 aliphatic heterocycles. The summed E-state index contributed by atoms with van der Waals surface area (Å²) in [6, 6.07) is 0.499. The number of halogens is 1. The third-order valence-electron chi connectivity index (χ3n) is 4.85. The van der Waals surface area contributed by atoms with Gasteiger partial charge in [-0.15, -0.1) is 11.3 Å². The zero-order valence-corrected chi connectivity index (χ0v) is 15.0. The average Bonchev–Trinajstić information content (AvgIpc) is 3.26. The molecule has 0 spiro atoms. The molecular formula is C16H21BrN4S. The summed E-state index contributed by atoms with van der Waals surface area (Å²) in [5.74, 6) is 0.742. The molecule has 118 valence electrons. The Hall–Kier alpha value is -0.720. The molecular weight excluding hydrogens is 360 g/mol. The van der Waals surface area contributed by atoms with Crippen molar-refractivity contribution < 1.29 is 0 Å². The first kappa shape index (κ1) is 14.8. The molecule has 0 radical (unpaired) electrons. The lowest BCUT2D eigenvalue weighted by atomic mass is 10.1. The molecule has 1 aliphatic carbocycles. The lowest BCUT2D eigenvalue weighted by Crippen LogP contribution is -2.21. The third kappa shape index (κ3) is 3.14. The second-order valence-corrected chi connectivity index (χ2v) is 8.28. The van der Waals surface area contributed by atoms with E-state index in [0.717, 1.165) is 30.0 Å². The zero-order chi connectivity index (χ0) is 14.9. The average molecular weight is 381 g/mol. The number of hydrogen-bond donors (Lipinski definition) is 0. The van der Waals surface area contributed by atoms with Gasteiger partial charge in [0.05, 0.1) is 27.4 Å². The van der Waals surface area contributed by atoms with Gasteiger partial charge < -0.3 is 0 Å². The van der Waals surface area contributed by atoms with E-state index in [2.05, 4.69) is 42.2 Å². The fourth-order valence-corrected chi connectivity index (χ4v) is 4.95. The van der Waals surface area contributed by atoms with Crippen LogP contribution in [0, 0.1) is 0 Å². The van der Waals surface area contributed by atoms with Gasteiger partial charge in [-0.3, -0.25) is 9.58 Å². The van der Waals surface area contributed by atoms with Crippen LogP contribution >= 0.6 is 27.3 Å². The number of likely N-dealkylation sites (tertiary alicyclic amines) is 1. The van der Waals surface area contributed by atoms with E-state index < -0.39 is 0 Å². The standard InChI is InChI=1S/C16H21BrN4S/c17-13-7-18-21(8-13)15-5-6-20(10-15)9-14-11-22-16(19-14)12-3-1-2-4-12/h7-8,11-12,15H,1-6,9-10H2. The van der Waals surface area contributed by atoms with Crippen LogP contribution in [-0.2, 0) is 6.54 Å². The van der Waals surface area contributed by atoms with Crippen molar-refractivity contribution in [2.75, 3.05) is 13.1 Å². The summed E-state index contributed by atoms with van der Waals surface area (Å²) in [6.45, 7) is 3.20. The number of nitrogens with zero attached hydrogens (tertiary/aromatic N) is 4. The normalized spacial score (nSPS) is 23.6. The highest BCUT2D eigenvalue weighted by Crippen LogP contribution is 2.36. The molecule has 2 aromatic heterocycles. The lowest BCUT2D eigenvalue weighted by molar-refractivity contribution is 0.308. The minimum Gasteiger partial charge on any atom is -0.295 e. The van der Waals surface area contributed by atoms with Crippen molar-refractivity contribution in [1.29, 1.82) is 0 Å². The van der Waals surface area contributed by atoms with Crippen molar-refractivity contribution in [1.82, 2.24) is 19.7 Å². The van der Waals surface area contributed by atoms with Gasteiger partial charge in [0.15, 0.2) is 0 Å². The molecule has 1 saturated carbocycles. The molecule has 3 heterocycles. The van der Waals surface area contributed by atoms with E-state index in [1.807, 2.05) is 17.5 Å². The SMILES string of the molecule is Brc1cnn(C2CCN(Cc3csc(C4CCCC4)n3)C2)c1. The fourth-order valence-electron chi connectivity index (χ4n) is 3.67. The van der Waals surface area contributed by atoms with E-state index in [9.17, 15) is 0 Å². The van der Waals surface area contributed by atoms with Crippen LogP contribution in [0.25, 0.3) is 0 Å². The summed E-state index contributed by atoms with van der Waals surface area (Å²) in [5, 5.41) is 8.07. The van der Waals surface area contributed by atoms with Gasteiger partial charge in [0.1, 0.15) is 0 Å². The Morgan fingerprint density at radius 1 is 1.27 bits per heavy atom. The van der Waals surface area contributed by atoms with Crippen molar-refractivity contribution in [2.24, 2.45) is 0 Å². The molecule has 1 atom stereocenters. The third-order valence-corrected chi connectivity index (χ3v) is 6.32. The monoisotopic (exact) mass is 380 g/mol. The summed E-state index contributed by atoms with van der Waals surface area (Å²) >= 11 is 5.35. The molecule has 4 nitrogen and oxygen atoms in total. The van der Waals surface area contributed by atoms with Gasteiger partial charge in [-0.2, -0.15) is 5.10 Å². The highest BCUT2D eigenvalue weighted by atomic mass is 79.9. The molecule has 6 heteroatoms. The molecule has 0 N–H and O–H groups in total. The van der Waals surface area contributed by atoms with Crippen LogP contribution in [0.3, 0.4) is 0 Å². The Labute approximate surface area is 143 Å². The van der Waals surface area contributed by atoms with Gasteiger partial charge >= 0.3 is 0 Å². The van der Waals surface area contributed by atoms with Gasteiger partial charge in [0, 0.05) is 37.1 Å². The predicted octanol–water partition coefficient (Wildman–Crippen LogP) is 4.21. The largest absolute Gasteiger partial charge is 0.295 e. The maximum Gasteiger partial charge on any atom is 0.0959 e. The van der Waals surface area contributed by atoms with E-state index in [1.165, 1.54) is 42.8 Å². The predicted molar refractivity (Wildman–Crippen MR) is 92.2 cm³/mol. The van der Waals surface area contributed by atoms with Gasteiger partial charge in [0.2, 0.25) is 0 Å². The van der Waals surface area contributed by atoms with E-state index >= 15 is 0 Å². The molecule has 1 unspecified atom stereocenters. The second-order valence-electron chi connectivity index (χ2n) is 6.47. The number of thiazole rings is 1. The smallest absolute Gasteiger partial charge is 0.0959 e. The number of aromatic nitrogens is 3. The van der Waals surface area contributed by atoms with Crippen molar-refractivity contribution in [3.8, 4) is 0 Å². The maximum absolute atomic E-state index is 4.90. The van der Waals surface area contributed by atoms with Gasteiger partial charge in [-0.05, 0) is 35.2 Å².